The summed E-state index contributed by atoms with van der Waals surface area (Å²) in [5.41, 5.74) is 1.91. The van der Waals surface area contributed by atoms with Crippen LogP contribution in [0.25, 0.3) is 0 Å². The van der Waals surface area contributed by atoms with E-state index in [2.05, 4.69) is 0 Å². The number of benzene rings is 2. The largest absolute Gasteiger partial charge is 0.497 e. The molecule has 3 rings (SSSR count). The first kappa shape index (κ1) is 13.8. The summed E-state index contributed by atoms with van der Waals surface area (Å²) >= 11 is 0. The molecule has 1 N–H and O–H groups in total. The lowest BCUT2D eigenvalue weighted by Crippen LogP contribution is -2.17. The van der Waals surface area contributed by atoms with Crippen molar-refractivity contribution in [2.24, 2.45) is 0 Å². The zero-order valence-corrected chi connectivity index (χ0v) is 11.9. The highest BCUT2D eigenvalue weighted by atomic mass is 16.5. The molecule has 0 aliphatic heterocycles. The van der Waals surface area contributed by atoms with E-state index >= 15 is 0 Å². The Morgan fingerprint density at radius 1 is 1.05 bits per heavy atom. The third-order valence-electron chi connectivity index (χ3n) is 4.17. The van der Waals surface area contributed by atoms with Gasteiger partial charge in [-0.3, -0.25) is 4.79 Å². The Balaban J connectivity index is 2.03. The number of ketones is 1. The Bertz CT molecular complexity index is 636. The Hall–Kier alpha value is -2.13. The number of aliphatic hydroxyl groups is 1. The molecule has 2 aromatic rings. The lowest BCUT2D eigenvalue weighted by Gasteiger charge is -2.22. The average Bonchev–Trinajstić information content (AvgIpc) is 2.82. The van der Waals surface area contributed by atoms with Crippen molar-refractivity contribution in [3.8, 4) is 5.75 Å². The van der Waals surface area contributed by atoms with E-state index in [1.54, 1.807) is 7.11 Å². The van der Waals surface area contributed by atoms with Crippen molar-refractivity contribution in [1.29, 1.82) is 0 Å². The van der Waals surface area contributed by atoms with Gasteiger partial charge in [0.25, 0.3) is 0 Å². The Morgan fingerprint density at radius 3 is 2.48 bits per heavy atom. The van der Waals surface area contributed by atoms with Crippen molar-refractivity contribution in [1.82, 2.24) is 0 Å². The molecule has 1 fully saturated rings. The molecule has 1 aliphatic rings. The number of carbonyl (C=O) groups is 1. The molecule has 21 heavy (non-hydrogen) atoms. The Labute approximate surface area is 124 Å². The molecule has 0 heterocycles. The third kappa shape index (κ3) is 2.57. The van der Waals surface area contributed by atoms with E-state index in [9.17, 15) is 9.90 Å². The minimum atomic E-state index is -0.644. The number of Topliss-reactive ketones (excluding diaryl/α,β-unsaturated/α-hetero) is 1. The molecule has 0 bridgehead atoms. The van der Waals surface area contributed by atoms with E-state index in [1.165, 1.54) is 0 Å². The second kappa shape index (κ2) is 5.70. The molecule has 0 saturated heterocycles. The van der Waals surface area contributed by atoms with Crippen molar-refractivity contribution in [3.05, 3.63) is 65.7 Å². The van der Waals surface area contributed by atoms with Gasteiger partial charge in [0.15, 0.2) is 0 Å². The quantitative estimate of drug-likeness (QED) is 0.941. The number of hydrogen-bond donors (Lipinski definition) is 1. The average molecular weight is 282 g/mol. The topological polar surface area (TPSA) is 46.5 Å². The molecule has 0 unspecified atom stereocenters. The molecule has 0 spiro atoms. The maximum Gasteiger partial charge on any atom is 0.143 e. The van der Waals surface area contributed by atoms with Crippen LogP contribution in [0, 0.1) is 0 Å². The summed E-state index contributed by atoms with van der Waals surface area (Å²) in [6, 6.07) is 17.3. The predicted octanol–water partition coefficient (Wildman–Crippen LogP) is 2.90. The van der Waals surface area contributed by atoms with E-state index in [0.717, 1.165) is 16.9 Å². The van der Waals surface area contributed by atoms with Crippen molar-refractivity contribution in [2.75, 3.05) is 7.11 Å². The standard InChI is InChI=1S/C18H18O3/c1-21-14-9-5-8-13(10-14)18-16(20)11-15(19)17(18)12-6-3-2-4-7-12/h2-10,16-18,20H,11H2,1H3/t16-,17-,18-/m0/s1. The summed E-state index contributed by atoms with van der Waals surface area (Å²) in [7, 11) is 1.62. The van der Waals surface area contributed by atoms with E-state index < -0.39 is 6.10 Å². The zero-order valence-electron chi connectivity index (χ0n) is 11.9. The molecular formula is C18H18O3. The summed E-state index contributed by atoms with van der Waals surface area (Å²) < 4.78 is 5.25. The fraction of sp³-hybridized carbons (Fsp3) is 0.278. The van der Waals surface area contributed by atoms with Crippen LogP contribution >= 0.6 is 0 Å². The first-order valence-corrected chi connectivity index (χ1v) is 7.10. The highest BCUT2D eigenvalue weighted by Gasteiger charge is 2.43. The van der Waals surface area contributed by atoms with Gasteiger partial charge in [-0.2, -0.15) is 0 Å². The van der Waals surface area contributed by atoms with Crippen molar-refractivity contribution in [2.45, 2.75) is 24.4 Å². The maximum absolute atomic E-state index is 12.3. The molecule has 2 aromatic carbocycles. The van der Waals surface area contributed by atoms with Crippen molar-refractivity contribution in [3.63, 3.8) is 0 Å². The molecule has 0 amide bonds. The SMILES string of the molecule is COc1cccc([C@@H]2[C@@H](c3ccccc3)C(=O)C[C@@H]2O)c1. The van der Waals surface area contributed by atoms with Gasteiger partial charge in [-0.25, -0.2) is 0 Å². The van der Waals surface area contributed by atoms with Gasteiger partial charge in [0.2, 0.25) is 0 Å². The van der Waals surface area contributed by atoms with E-state index in [0.29, 0.717) is 0 Å². The molecule has 3 nitrogen and oxygen atoms in total. The monoisotopic (exact) mass is 282 g/mol. The first-order valence-electron chi connectivity index (χ1n) is 7.10. The van der Waals surface area contributed by atoms with Gasteiger partial charge in [-0.05, 0) is 23.3 Å². The number of methoxy groups -OCH3 is 1. The van der Waals surface area contributed by atoms with Crippen LogP contribution < -0.4 is 4.74 Å². The normalized spacial score (nSPS) is 25.0. The van der Waals surface area contributed by atoms with Gasteiger partial charge in [0.1, 0.15) is 11.5 Å². The number of rotatable bonds is 3. The summed E-state index contributed by atoms with van der Waals surface area (Å²) in [5, 5.41) is 10.3. The van der Waals surface area contributed by atoms with Crippen LogP contribution in [0.5, 0.6) is 5.75 Å². The van der Waals surface area contributed by atoms with Crippen molar-refractivity contribution >= 4 is 5.78 Å². The minimum absolute atomic E-state index is 0.0986. The molecule has 3 atom stereocenters. The van der Waals surface area contributed by atoms with E-state index in [-0.39, 0.29) is 24.0 Å². The fourth-order valence-electron chi connectivity index (χ4n) is 3.20. The lowest BCUT2D eigenvalue weighted by molar-refractivity contribution is -0.119. The number of ether oxygens (including phenoxy) is 1. The van der Waals surface area contributed by atoms with Gasteiger partial charge < -0.3 is 9.84 Å². The molecule has 1 aliphatic carbocycles. The fourth-order valence-corrected chi connectivity index (χ4v) is 3.20. The molecule has 3 heteroatoms. The summed E-state index contributed by atoms with van der Waals surface area (Å²) in [4.78, 5) is 12.3. The Morgan fingerprint density at radius 2 is 1.76 bits per heavy atom. The van der Waals surface area contributed by atoms with Gasteiger partial charge in [0, 0.05) is 12.3 Å². The van der Waals surface area contributed by atoms with Crippen molar-refractivity contribution < 1.29 is 14.6 Å². The molecular weight excluding hydrogens is 264 g/mol. The number of aliphatic hydroxyl groups excluding tert-OH is 1. The van der Waals surface area contributed by atoms with Gasteiger partial charge >= 0.3 is 0 Å². The van der Waals surface area contributed by atoms with E-state index in [4.69, 9.17) is 4.74 Å². The minimum Gasteiger partial charge on any atom is -0.497 e. The number of carbonyl (C=O) groups excluding carboxylic acids is 1. The molecule has 108 valence electrons. The lowest BCUT2D eigenvalue weighted by atomic mass is 9.83. The highest BCUT2D eigenvalue weighted by molar-refractivity contribution is 5.90. The summed E-state index contributed by atoms with van der Waals surface area (Å²) in [6.07, 6.45) is -0.434. The predicted molar refractivity (Wildman–Crippen MR) is 80.5 cm³/mol. The first-order chi connectivity index (χ1) is 10.2. The van der Waals surface area contributed by atoms with Crippen LogP contribution in [-0.2, 0) is 4.79 Å². The van der Waals surface area contributed by atoms with Crippen LogP contribution in [0.3, 0.4) is 0 Å². The second-order valence-electron chi connectivity index (χ2n) is 5.43. The Kier molecular flexibility index (Phi) is 3.76. The smallest absolute Gasteiger partial charge is 0.143 e. The maximum atomic E-state index is 12.3. The summed E-state index contributed by atoms with van der Waals surface area (Å²) in [5.74, 6) is 0.343. The van der Waals surface area contributed by atoms with Crippen LogP contribution in [0.4, 0.5) is 0 Å². The number of hydrogen-bond acceptors (Lipinski definition) is 3. The van der Waals surface area contributed by atoms with Gasteiger partial charge in [-0.15, -0.1) is 0 Å². The van der Waals surface area contributed by atoms with Crippen LogP contribution in [-0.4, -0.2) is 24.1 Å². The summed E-state index contributed by atoms with van der Waals surface area (Å²) in [6.45, 7) is 0. The zero-order chi connectivity index (χ0) is 14.8. The third-order valence-corrected chi connectivity index (χ3v) is 4.17. The highest BCUT2D eigenvalue weighted by Crippen LogP contribution is 2.44. The van der Waals surface area contributed by atoms with Crippen LogP contribution in [0.15, 0.2) is 54.6 Å². The van der Waals surface area contributed by atoms with Crippen LogP contribution in [0.1, 0.15) is 29.4 Å². The van der Waals surface area contributed by atoms with Crippen LogP contribution in [0.2, 0.25) is 0 Å². The molecule has 1 saturated carbocycles. The van der Waals surface area contributed by atoms with Gasteiger partial charge in [0.05, 0.1) is 19.1 Å². The van der Waals surface area contributed by atoms with E-state index in [1.807, 2.05) is 54.6 Å². The molecule has 0 aromatic heterocycles. The second-order valence-corrected chi connectivity index (χ2v) is 5.43. The molecule has 0 radical (unpaired) electrons. The van der Waals surface area contributed by atoms with Gasteiger partial charge in [-0.1, -0.05) is 42.5 Å².